The lowest BCUT2D eigenvalue weighted by Gasteiger charge is -2.39. The molecule has 0 N–H and O–H groups in total. The second-order valence-corrected chi connectivity index (χ2v) is 14.8. The van der Waals surface area contributed by atoms with Crippen LogP contribution in [0.5, 0.6) is 0 Å². The largest absolute Gasteiger partial charge is 0.466 e. The molecule has 0 aromatic heterocycles. The lowest BCUT2D eigenvalue weighted by Crippen LogP contribution is -2.46. The zero-order valence-corrected chi connectivity index (χ0v) is 20.7. The number of carbonyl (C=O) groups excluding carboxylic acids is 2. The molecule has 0 aliphatic carbocycles. The van der Waals surface area contributed by atoms with Crippen LogP contribution in [-0.4, -0.2) is 50.8 Å². The van der Waals surface area contributed by atoms with E-state index in [-0.39, 0.29) is 41.1 Å². The number of benzene rings is 1. The van der Waals surface area contributed by atoms with E-state index in [0.29, 0.717) is 19.8 Å². The molecule has 0 amide bonds. The molecule has 1 aromatic rings. The van der Waals surface area contributed by atoms with Crippen LogP contribution in [0.15, 0.2) is 30.3 Å². The molecule has 1 aliphatic rings. The Morgan fingerprint density at radius 2 is 1.80 bits per heavy atom. The molecule has 1 aromatic carbocycles. The topological polar surface area (TPSA) is 55.8 Å². The van der Waals surface area contributed by atoms with Crippen LogP contribution in [0.4, 0.5) is 0 Å². The van der Waals surface area contributed by atoms with Gasteiger partial charge in [0.2, 0.25) is 0 Å². The van der Waals surface area contributed by atoms with Gasteiger partial charge in [0.15, 0.2) is 8.32 Å². The van der Waals surface area contributed by atoms with Gasteiger partial charge in [-0.2, -0.15) is 0 Å². The van der Waals surface area contributed by atoms with Crippen LogP contribution in [-0.2, 0) is 25.3 Å². The highest BCUT2D eigenvalue weighted by Crippen LogP contribution is 2.39. The summed E-state index contributed by atoms with van der Waals surface area (Å²) in [5.41, 5.74) is 1.20. The maximum atomic E-state index is 12.5. The smallest absolute Gasteiger partial charge is 0.306 e. The number of rotatable bonds is 9. The molecule has 2 rings (SSSR count). The Balaban J connectivity index is 2.29. The Labute approximate surface area is 183 Å². The van der Waals surface area contributed by atoms with Gasteiger partial charge in [-0.1, -0.05) is 51.1 Å². The van der Waals surface area contributed by atoms with Gasteiger partial charge in [-0.25, -0.2) is 0 Å². The zero-order chi connectivity index (χ0) is 22.5. The number of carbonyl (C=O) groups is 2. The molecule has 5 nitrogen and oxygen atoms in total. The Hall–Kier alpha value is -1.50. The molecule has 1 saturated heterocycles. The number of hydrogen-bond acceptors (Lipinski definition) is 5. The Bertz CT molecular complexity index is 714. The molecule has 30 heavy (non-hydrogen) atoms. The molecule has 6 heteroatoms. The molecular formula is C24H39NO4Si. The van der Waals surface area contributed by atoms with E-state index < -0.39 is 8.32 Å². The van der Waals surface area contributed by atoms with E-state index >= 15 is 0 Å². The zero-order valence-electron chi connectivity index (χ0n) is 19.7. The Morgan fingerprint density at radius 3 is 2.33 bits per heavy atom. The van der Waals surface area contributed by atoms with Crippen molar-refractivity contribution in [3.63, 3.8) is 0 Å². The van der Waals surface area contributed by atoms with E-state index in [1.807, 2.05) is 25.1 Å². The van der Waals surface area contributed by atoms with Gasteiger partial charge in [-0.15, -0.1) is 0 Å². The van der Waals surface area contributed by atoms with E-state index in [9.17, 15) is 9.59 Å². The van der Waals surface area contributed by atoms with Crippen LogP contribution >= 0.6 is 0 Å². The molecule has 1 fully saturated rings. The minimum atomic E-state index is -1.96. The average Bonchev–Trinajstić information content (AvgIpc) is 2.97. The van der Waals surface area contributed by atoms with Crippen LogP contribution in [0.2, 0.25) is 18.1 Å². The molecule has 0 spiro atoms. The van der Waals surface area contributed by atoms with Gasteiger partial charge < -0.3 is 9.16 Å². The standard InChI is InChI=1S/C24H39NO4Si/c1-8-28-23(27)14-20-21(18(2)26)16-25(15-19-12-10-9-11-13-19)22(20)17-29-30(6,7)24(3,4)5/h9-13,20-22H,8,14-17H2,1-7H3/t20-,21-,22+/m0/s1. The third-order valence-corrected chi connectivity index (χ3v) is 11.3. The summed E-state index contributed by atoms with van der Waals surface area (Å²) in [5.74, 6) is -0.356. The lowest BCUT2D eigenvalue weighted by atomic mass is 9.85. The van der Waals surface area contributed by atoms with E-state index in [4.69, 9.17) is 9.16 Å². The normalized spacial score (nSPS) is 22.8. The molecular weight excluding hydrogens is 394 g/mol. The fourth-order valence-electron chi connectivity index (χ4n) is 3.92. The van der Waals surface area contributed by atoms with Gasteiger partial charge in [-0.3, -0.25) is 14.5 Å². The summed E-state index contributed by atoms with van der Waals surface area (Å²) in [6, 6.07) is 10.3. The highest BCUT2D eigenvalue weighted by atomic mass is 28.4. The van der Waals surface area contributed by atoms with Crippen molar-refractivity contribution < 1.29 is 18.8 Å². The molecule has 0 radical (unpaired) electrons. The summed E-state index contributed by atoms with van der Waals surface area (Å²) >= 11 is 0. The van der Waals surface area contributed by atoms with Crippen molar-refractivity contribution >= 4 is 20.1 Å². The van der Waals surface area contributed by atoms with Crippen molar-refractivity contribution in [2.45, 2.75) is 71.8 Å². The third kappa shape index (κ3) is 6.25. The number of ether oxygens (including phenoxy) is 1. The van der Waals surface area contributed by atoms with Crippen molar-refractivity contribution in [2.24, 2.45) is 11.8 Å². The fourth-order valence-corrected chi connectivity index (χ4v) is 4.94. The Morgan fingerprint density at radius 1 is 1.17 bits per heavy atom. The van der Waals surface area contributed by atoms with Crippen LogP contribution in [0.1, 0.15) is 46.6 Å². The molecule has 0 bridgehead atoms. The van der Waals surface area contributed by atoms with Crippen molar-refractivity contribution in [3.05, 3.63) is 35.9 Å². The predicted octanol–water partition coefficient (Wildman–Crippen LogP) is 4.67. The second-order valence-electron chi connectivity index (χ2n) is 9.94. The van der Waals surface area contributed by atoms with Crippen molar-refractivity contribution in [1.82, 2.24) is 4.90 Å². The lowest BCUT2D eigenvalue weighted by molar-refractivity contribution is -0.145. The van der Waals surface area contributed by atoms with Crippen LogP contribution in [0, 0.1) is 11.8 Å². The quantitative estimate of drug-likeness (QED) is 0.418. The summed E-state index contributed by atoms with van der Waals surface area (Å²) in [7, 11) is -1.96. The first kappa shape index (κ1) is 24.8. The van der Waals surface area contributed by atoms with Gasteiger partial charge in [0.05, 0.1) is 13.0 Å². The minimum absolute atomic E-state index is 0.0117. The highest BCUT2D eigenvalue weighted by Gasteiger charge is 2.46. The second kappa shape index (κ2) is 10.2. The minimum Gasteiger partial charge on any atom is -0.466 e. The predicted molar refractivity (Wildman–Crippen MR) is 123 cm³/mol. The number of likely N-dealkylation sites (tertiary alicyclic amines) is 1. The highest BCUT2D eigenvalue weighted by molar-refractivity contribution is 6.74. The molecule has 0 unspecified atom stereocenters. The van der Waals surface area contributed by atoms with Crippen molar-refractivity contribution in [2.75, 3.05) is 19.8 Å². The monoisotopic (exact) mass is 433 g/mol. The van der Waals surface area contributed by atoms with Gasteiger partial charge in [0.25, 0.3) is 0 Å². The first-order valence-electron chi connectivity index (χ1n) is 11.0. The first-order valence-corrected chi connectivity index (χ1v) is 13.9. The molecule has 168 valence electrons. The molecule has 1 heterocycles. The van der Waals surface area contributed by atoms with Gasteiger partial charge in [0.1, 0.15) is 5.78 Å². The van der Waals surface area contributed by atoms with Crippen LogP contribution < -0.4 is 0 Å². The van der Waals surface area contributed by atoms with Crippen LogP contribution in [0.3, 0.4) is 0 Å². The number of ketones is 1. The molecule has 3 atom stereocenters. The number of esters is 1. The number of hydrogen-bond donors (Lipinski definition) is 0. The van der Waals surface area contributed by atoms with Gasteiger partial charge >= 0.3 is 5.97 Å². The van der Waals surface area contributed by atoms with Crippen molar-refractivity contribution in [3.8, 4) is 0 Å². The van der Waals surface area contributed by atoms with E-state index in [0.717, 1.165) is 6.54 Å². The van der Waals surface area contributed by atoms with E-state index in [1.165, 1.54) is 5.56 Å². The summed E-state index contributed by atoms with van der Waals surface area (Å²) in [6.45, 7) is 16.9. The van der Waals surface area contributed by atoms with Crippen LogP contribution in [0.25, 0.3) is 0 Å². The summed E-state index contributed by atoms with van der Waals surface area (Å²) in [4.78, 5) is 27.2. The Kier molecular flexibility index (Phi) is 8.42. The van der Waals surface area contributed by atoms with Crippen molar-refractivity contribution in [1.29, 1.82) is 0 Å². The van der Waals surface area contributed by atoms with E-state index in [1.54, 1.807) is 6.92 Å². The average molecular weight is 434 g/mol. The van der Waals surface area contributed by atoms with E-state index in [2.05, 4.69) is 50.9 Å². The SMILES string of the molecule is CCOC(=O)C[C@@H]1[C@@H](CO[Si](C)(C)C(C)(C)C)N(Cc2ccccc2)C[C@H]1C(C)=O. The number of nitrogens with zero attached hydrogens (tertiary/aromatic N) is 1. The molecule has 1 aliphatic heterocycles. The maximum absolute atomic E-state index is 12.5. The maximum Gasteiger partial charge on any atom is 0.306 e. The fraction of sp³-hybridized carbons (Fsp3) is 0.667. The van der Waals surface area contributed by atoms with Gasteiger partial charge in [0, 0.05) is 31.7 Å². The first-order chi connectivity index (χ1) is 14.0. The van der Waals surface area contributed by atoms with Gasteiger partial charge in [-0.05, 0) is 43.5 Å². The summed E-state index contributed by atoms with van der Waals surface area (Å²) < 4.78 is 11.8. The summed E-state index contributed by atoms with van der Waals surface area (Å²) in [6.07, 6.45) is 0.259. The summed E-state index contributed by atoms with van der Waals surface area (Å²) in [5, 5.41) is 0.104. The molecule has 0 saturated carbocycles. The number of Topliss-reactive ketones (excluding diaryl/α,β-unsaturated/α-hetero) is 1. The third-order valence-electron chi connectivity index (χ3n) is 6.79.